The molecule has 0 spiro atoms. The Morgan fingerprint density at radius 2 is 2.05 bits per heavy atom. The quantitative estimate of drug-likeness (QED) is 0.854. The number of amides is 1. The van der Waals surface area contributed by atoms with Gasteiger partial charge in [0, 0.05) is 38.0 Å². The SMILES string of the molecule is CC(C)CC(=O)N1CCC(c2nc([C@@H]3CCOC3)no2)CC1. The molecule has 3 heterocycles. The van der Waals surface area contributed by atoms with Crippen LogP contribution in [-0.4, -0.2) is 47.3 Å². The van der Waals surface area contributed by atoms with Crippen molar-refractivity contribution in [3.8, 4) is 0 Å². The second kappa shape index (κ2) is 6.77. The lowest BCUT2D eigenvalue weighted by Crippen LogP contribution is -2.38. The van der Waals surface area contributed by atoms with Crippen molar-refractivity contribution in [1.29, 1.82) is 0 Å². The lowest BCUT2D eigenvalue weighted by atomic mass is 9.96. The van der Waals surface area contributed by atoms with Gasteiger partial charge in [0.25, 0.3) is 0 Å². The number of carbonyl (C=O) groups excluding carboxylic acids is 1. The van der Waals surface area contributed by atoms with Gasteiger partial charge >= 0.3 is 0 Å². The lowest BCUT2D eigenvalue weighted by molar-refractivity contribution is -0.133. The summed E-state index contributed by atoms with van der Waals surface area (Å²) in [6.45, 7) is 7.22. The third-order valence-electron chi connectivity index (χ3n) is 4.53. The minimum atomic E-state index is 0.266. The van der Waals surface area contributed by atoms with Crippen LogP contribution in [0.25, 0.3) is 0 Å². The second-order valence-electron chi connectivity index (χ2n) is 6.80. The molecule has 122 valence electrons. The molecule has 0 N–H and O–H groups in total. The van der Waals surface area contributed by atoms with Crippen LogP contribution in [0.4, 0.5) is 0 Å². The molecule has 0 saturated carbocycles. The van der Waals surface area contributed by atoms with Crippen molar-refractivity contribution in [2.75, 3.05) is 26.3 Å². The summed E-state index contributed by atoms with van der Waals surface area (Å²) < 4.78 is 10.8. The van der Waals surface area contributed by atoms with Crippen LogP contribution in [0.3, 0.4) is 0 Å². The first-order valence-corrected chi connectivity index (χ1v) is 8.32. The predicted octanol–water partition coefficient (Wildman–Crippen LogP) is 2.33. The van der Waals surface area contributed by atoms with Crippen molar-refractivity contribution < 1.29 is 14.1 Å². The first-order chi connectivity index (χ1) is 10.6. The number of piperidine rings is 1. The van der Waals surface area contributed by atoms with E-state index < -0.39 is 0 Å². The van der Waals surface area contributed by atoms with Gasteiger partial charge < -0.3 is 14.2 Å². The summed E-state index contributed by atoms with van der Waals surface area (Å²) in [7, 11) is 0. The zero-order chi connectivity index (χ0) is 15.5. The average Bonchev–Trinajstić information content (AvgIpc) is 3.18. The summed E-state index contributed by atoms with van der Waals surface area (Å²) in [6, 6.07) is 0. The molecule has 1 atom stereocenters. The van der Waals surface area contributed by atoms with Crippen molar-refractivity contribution in [3.05, 3.63) is 11.7 Å². The molecule has 0 aromatic carbocycles. The van der Waals surface area contributed by atoms with E-state index in [1.807, 2.05) is 4.90 Å². The standard InChI is InChI=1S/C16H25N3O3/c1-11(2)9-14(20)19-6-3-12(4-7-19)16-17-15(18-22-16)13-5-8-21-10-13/h11-13H,3-10H2,1-2H3/t13-/m1/s1. The molecule has 0 unspecified atom stereocenters. The van der Waals surface area contributed by atoms with Crippen molar-refractivity contribution >= 4 is 5.91 Å². The smallest absolute Gasteiger partial charge is 0.229 e. The first kappa shape index (κ1) is 15.5. The maximum atomic E-state index is 12.1. The first-order valence-electron chi connectivity index (χ1n) is 8.32. The molecule has 1 aromatic heterocycles. The fourth-order valence-electron chi connectivity index (χ4n) is 3.17. The number of hydrogen-bond acceptors (Lipinski definition) is 5. The topological polar surface area (TPSA) is 68.5 Å². The average molecular weight is 307 g/mol. The summed E-state index contributed by atoms with van der Waals surface area (Å²) in [5.41, 5.74) is 0. The van der Waals surface area contributed by atoms with Gasteiger partial charge in [-0.05, 0) is 25.2 Å². The van der Waals surface area contributed by atoms with Gasteiger partial charge in [0.2, 0.25) is 11.8 Å². The van der Waals surface area contributed by atoms with E-state index in [0.29, 0.717) is 18.9 Å². The Bertz CT molecular complexity index is 500. The molecule has 0 bridgehead atoms. The van der Waals surface area contributed by atoms with Crippen LogP contribution in [0.1, 0.15) is 63.1 Å². The Hall–Kier alpha value is -1.43. The van der Waals surface area contributed by atoms with E-state index in [-0.39, 0.29) is 17.7 Å². The normalized spacial score (nSPS) is 23.4. The van der Waals surface area contributed by atoms with Crippen LogP contribution in [-0.2, 0) is 9.53 Å². The molecule has 6 heteroatoms. The molecule has 6 nitrogen and oxygen atoms in total. The summed E-state index contributed by atoms with van der Waals surface area (Å²) in [5, 5.41) is 4.12. The molecule has 1 aromatic rings. The van der Waals surface area contributed by atoms with Gasteiger partial charge in [-0.1, -0.05) is 19.0 Å². The molecule has 1 amide bonds. The number of hydrogen-bond donors (Lipinski definition) is 0. The summed E-state index contributed by atoms with van der Waals surface area (Å²) in [6.07, 6.45) is 3.43. The van der Waals surface area contributed by atoms with E-state index in [4.69, 9.17) is 9.26 Å². The van der Waals surface area contributed by atoms with Crippen molar-refractivity contribution in [2.24, 2.45) is 5.92 Å². The predicted molar refractivity (Wildman–Crippen MR) is 80.5 cm³/mol. The van der Waals surface area contributed by atoms with E-state index in [1.54, 1.807) is 0 Å². The van der Waals surface area contributed by atoms with Crippen LogP contribution in [0.2, 0.25) is 0 Å². The molecular weight excluding hydrogens is 282 g/mol. The Morgan fingerprint density at radius 1 is 1.27 bits per heavy atom. The number of likely N-dealkylation sites (tertiary alicyclic amines) is 1. The molecule has 0 aliphatic carbocycles. The molecule has 3 rings (SSSR count). The van der Waals surface area contributed by atoms with Gasteiger partial charge in [0.15, 0.2) is 5.82 Å². The largest absolute Gasteiger partial charge is 0.381 e. The zero-order valence-electron chi connectivity index (χ0n) is 13.5. The lowest BCUT2D eigenvalue weighted by Gasteiger charge is -2.30. The highest BCUT2D eigenvalue weighted by Crippen LogP contribution is 2.29. The molecule has 0 radical (unpaired) electrons. The minimum Gasteiger partial charge on any atom is -0.381 e. The van der Waals surface area contributed by atoms with Gasteiger partial charge in [-0.15, -0.1) is 0 Å². The van der Waals surface area contributed by atoms with E-state index in [1.165, 1.54) is 0 Å². The molecule has 2 aliphatic rings. The van der Waals surface area contributed by atoms with E-state index in [9.17, 15) is 4.79 Å². The Kier molecular flexibility index (Phi) is 4.76. The highest BCUT2D eigenvalue weighted by Gasteiger charge is 2.29. The van der Waals surface area contributed by atoms with Crippen LogP contribution in [0, 0.1) is 5.92 Å². The molecule has 22 heavy (non-hydrogen) atoms. The van der Waals surface area contributed by atoms with Gasteiger partial charge in [0.1, 0.15) is 0 Å². The monoisotopic (exact) mass is 307 g/mol. The second-order valence-corrected chi connectivity index (χ2v) is 6.80. The number of nitrogens with zero attached hydrogens (tertiary/aromatic N) is 3. The summed E-state index contributed by atoms with van der Waals surface area (Å²) >= 11 is 0. The number of carbonyl (C=O) groups is 1. The third kappa shape index (κ3) is 3.48. The Balaban J connectivity index is 1.54. The molecule has 2 aliphatic heterocycles. The maximum absolute atomic E-state index is 12.1. The number of ether oxygens (including phenoxy) is 1. The molecule has 2 fully saturated rings. The van der Waals surface area contributed by atoms with Gasteiger partial charge in [-0.25, -0.2) is 0 Å². The van der Waals surface area contributed by atoms with Crippen LogP contribution >= 0.6 is 0 Å². The zero-order valence-corrected chi connectivity index (χ0v) is 13.5. The van der Waals surface area contributed by atoms with Gasteiger partial charge in [-0.2, -0.15) is 4.98 Å². The van der Waals surface area contributed by atoms with Crippen molar-refractivity contribution in [2.45, 2.75) is 51.4 Å². The van der Waals surface area contributed by atoms with Crippen molar-refractivity contribution in [3.63, 3.8) is 0 Å². The summed E-state index contributed by atoms with van der Waals surface area (Å²) in [4.78, 5) is 18.6. The molecule has 2 saturated heterocycles. The van der Waals surface area contributed by atoms with Gasteiger partial charge in [0.05, 0.1) is 6.61 Å². The fourth-order valence-corrected chi connectivity index (χ4v) is 3.17. The Morgan fingerprint density at radius 3 is 2.68 bits per heavy atom. The third-order valence-corrected chi connectivity index (χ3v) is 4.53. The van der Waals surface area contributed by atoms with Crippen LogP contribution in [0.15, 0.2) is 4.52 Å². The fraction of sp³-hybridized carbons (Fsp3) is 0.812. The van der Waals surface area contributed by atoms with Crippen LogP contribution < -0.4 is 0 Å². The van der Waals surface area contributed by atoms with Crippen LogP contribution in [0.5, 0.6) is 0 Å². The van der Waals surface area contributed by atoms with E-state index >= 15 is 0 Å². The highest BCUT2D eigenvalue weighted by atomic mass is 16.5. The maximum Gasteiger partial charge on any atom is 0.229 e. The highest BCUT2D eigenvalue weighted by molar-refractivity contribution is 5.76. The molecular formula is C16H25N3O3. The summed E-state index contributed by atoms with van der Waals surface area (Å²) in [5.74, 6) is 2.76. The van der Waals surface area contributed by atoms with Gasteiger partial charge in [-0.3, -0.25) is 4.79 Å². The number of rotatable bonds is 4. The van der Waals surface area contributed by atoms with Crippen molar-refractivity contribution in [1.82, 2.24) is 15.0 Å². The number of aromatic nitrogens is 2. The minimum absolute atomic E-state index is 0.266. The van der Waals surface area contributed by atoms with E-state index in [2.05, 4.69) is 24.0 Å². The Labute approximate surface area is 131 Å². The van der Waals surface area contributed by atoms with E-state index in [0.717, 1.165) is 50.7 Å².